The van der Waals surface area contributed by atoms with Gasteiger partial charge in [0.25, 0.3) is 0 Å². The maximum absolute atomic E-state index is 5.32. The number of hydrogen-bond acceptors (Lipinski definition) is 6. The SMILES string of the molecule is CC(C)(C)CNc1nc(NN)nc2[nH]ncc12. The van der Waals surface area contributed by atoms with Gasteiger partial charge in [0.1, 0.15) is 5.82 Å². The zero-order valence-electron chi connectivity index (χ0n) is 10.2. The number of nitrogen functional groups attached to an aromatic ring is 1. The molecule has 2 rings (SSSR count). The number of hydrazine groups is 1. The lowest BCUT2D eigenvalue weighted by atomic mass is 9.97. The second-order valence-electron chi connectivity index (χ2n) is 5.09. The Labute approximate surface area is 99.2 Å². The van der Waals surface area contributed by atoms with E-state index in [-0.39, 0.29) is 5.41 Å². The highest BCUT2D eigenvalue weighted by molar-refractivity contribution is 5.86. The highest BCUT2D eigenvalue weighted by Crippen LogP contribution is 2.21. The number of aromatic nitrogens is 4. The van der Waals surface area contributed by atoms with Crippen molar-refractivity contribution < 1.29 is 0 Å². The lowest BCUT2D eigenvalue weighted by Gasteiger charge is -2.19. The fourth-order valence-electron chi connectivity index (χ4n) is 1.38. The summed E-state index contributed by atoms with van der Waals surface area (Å²) in [5, 5.41) is 10.9. The van der Waals surface area contributed by atoms with Crippen LogP contribution in [0.1, 0.15) is 20.8 Å². The van der Waals surface area contributed by atoms with Crippen molar-refractivity contribution in [2.24, 2.45) is 11.3 Å². The van der Waals surface area contributed by atoms with E-state index in [1.807, 2.05) is 0 Å². The monoisotopic (exact) mass is 235 g/mol. The van der Waals surface area contributed by atoms with Crippen molar-refractivity contribution in [3.63, 3.8) is 0 Å². The minimum absolute atomic E-state index is 0.164. The third-order valence-corrected chi connectivity index (χ3v) is 2.23. The second-order valence-corrected chi connectivity index (χ2v) is 5.09. The molecule has 0 saturated heterocycles. The molecule has 0 aromatic carbocycles. The van der Waals surface area contributed by atoms with Gasteiger partial charge in [0.05, 0.1) is 11.6 Å². The van der Waals surface area contributed by atoms with E-state index in [9.17, 15) is 0 Å². The molecular weight excluding hydrogens is 218 g/mol. The number of fused-ring (bicyclic) bond motifs is 1. The Hall–Kier alpha value is -1.89. The lowest BCUT2D eigenvalue weighted by molar-refractivity contribution is 0.442. The van der Waals surface area contributed by atoms with Gasteiger partial charge >= 0.3 is 0 Å². The summed E-state index contributed by atoms with van der Waals surface area (Å²) in [4.78, 5) is 8.43. The summed E-state index contributed by atoms with van der Waals surface area (Å²) >= 11 is 0. The molecule has 0 radical (unpaired) electrons. The number of nitrogens with zero attached hydrogens (tertiary/aromatic N) is 3. The topological polar surface area (TPSA) is 105 Å². The molecule has 2 aromatic rings. The molecule has 0 aliphatic carbocycles. The van der Waals surface area contributed by atoms with Gasteiger partial charge in [0.15, 0.2) is 5.65 Å². The first kappa shape index (κ1) is 11.6. The van der Waals surface area contributed by atoms with E-state index in [0.29, 0.717) is 11.6 Å². The van der Waals surface area contributed by atoms with Crippen molar-refractivity contribution in [1.29, 1.82) is 0 Å². The molecule has 2 heterocycles. The third kappa shape index (κ3) is 2.62. The second kappa shape index (κ2) is 4.17. The van der Waals surface area contributed by atoms with Gasteiger partial charge < -0.3 is 5.32 Å². The van der Waals surface area contributed by atoms with Gasteiger partial charge in [-0.15, -0.1) is 0 Å². The van der Waals surface area contributed by atoms with Crippen LogP contribution in [0.3, 0.4) is 0 Å². The average molecular weight is 235 g/mol. The van der Waals surface area contributed by atoms with Crippen LogP contribution in [0, 0.1) is 5.41 Å². The van der Waals surface area contributed by atoms with Crippen LogP contribution in [0.4, 0.5) is 11.8 Å². The van der Waals surface area contributed by atoms with Crippen molar-refractivity contribution >= 4 is 22.8 Å². The number of nitrogens with one attached hydrogen (secondary N) is 3. The van der Waals surface area contributed by atoms with Gasteiger partial charge in [0, 0.05) is 6.54 Å². The van der Waals surface area contributed by atoms with Crippen LogP contribution >= 0.6 is 0 Å². The number of H-pyrrole nitrogens is 1. The quantitative estimate of drug-likeness (QED) is 0.469. The molecular formula is C10H17N7. The summed E-state index contributed by atoms with van der Waals surface area (Å²) in [5.74, 6) is 6.41. The summed E-state index contributed by atoms with van der Waals surface area (Å²) in [6.45, 7) is 7.25. The van der Waals surface area contributed by atoms with Gasteiger partial charge in [-0.25, -0.2) is 5.84 Å². The van der Waals surface area contributed by atoms with Crippen molar-refractivity contribution in [3.8, 4) is 0 Å². The standard InChI is InChI=1S/C10H17N7/c1-10(2,3)5-12-7-6-4-13-17-8(6)15-9(14-7)16-11/h4H,5,11H2,1-3H3,(H3,12,13,14,15,16,17). The molecule has 17 heavy (non-hydrogen) atoms. The zero-order valence-corrected chi connectivity index (χ0v) is 10.2. The maximum atomic E-state index is 5.32. The fourth-order valence-corrected chi connectivity index (χ4v) is 1.38. The summed E-state index contributed by atoms with van der Waals surface area (Å²) < 4.78 is 0. The van der Waals surface area contributed by atoms with Crippen molar-refractivity contribution in [2.45, 2.75) is 20.8 Å². The first-order valence-corrected chi connectivity index (χ1v) is 5.41. The van der Waals surface area contributed by atoms with E-state index >= 15 is 0 Å². The third-order valence-electron chi connectivity index (χ3n) is 2.23. The molecule has 0 unspecified atom stereocenters. The van der Waals surface area contributed by atoms with Crippen LogP contribution in [-0.4, -0.2) is 26.7 Å². The fraction of sp³-hybridized carbons (Fsp3) is 0.500. The van der Waals surface area contributed by atoms with Crippen LogP contribution in [0.25, 0.3) is 11.0 Å². The van der Waals surface area contributed by atoms with E-state index in [1.54, 1.807) is 6.20 Å². The first-order valence-electron chi connectivity index (χ1n) is 5.41. The molecule has 0 amide bonds. The number of hydrogen-bond donors (Lipinski definition) is 4. The Balaban J connectivity index is 2.34. The maximum Gasteiger partial charge on any atom is 0.241 e. The Morgan fingerprint density at radius 1 is 1.35 bits per heavy atom. The molecule has 2 aromatic heterocycles. The Morgan fingerprint density at radius 3 is 2.76 bits per heavy atom. The number of aromatic amines is 1. The van der Waals surface area contributed by atoms with Gasteiger partial charge in [-0.1, -0.05) is 20.8 Å². The molecule has 7 nitrogen and oxygen atoms in total. The first-order chi connectivity index (χ1) is 7.99. The van der Waals surface area contributed by atoms with E-state index in [0.717, 1.165) is 17.7 Å². The van der Waals surface area contributed by atoms with E-state index in [4.69, 9.17) is 5.84 Å². The number of nitrogens with two attached hydrogens (primary N) is 1. The largest absolute Gasteiger partial charge is 0.369 e. The molecule has 7 heteroatoms. The van der Waals surface area contributed by atoms with Crippen molar-refractivity contribution in [3.05, 3.63) is 6.20 Å². The summed E-state index contributed by atoms with van der Waals surface area (Å²) in [5.41, 5.74) is 3.26. The lowest BCUT2D eigenvalue weighted by Crippen LogP contribution is -2.20. The van der Waals surface area contributed by atoms with E-state index in [1.165, 1.54) is 0 Å². The Morgan fingerprint density at radius 2 is 2.12 bits per heavy atom. The Kier molecular flexibility index (Phi) is 2.84. The van der Waals surface area contributed by atoms with Crippen LogP contribution in [0.2, 0.25) is 0 Å². The molecule has 0 spiro atoms. The Bertz CT molecular complexity index is 511. The molecule has 0 fully saturated rings. The molecule has 0 bridgehead atoms. The minimum atomic E-state index is 0.164. The average Bonchev–Trinajstić information content (AvgIpc) is 2.72. The molecule has 5 N–H and O–H groups in total. The molecule has 0 saturated carbocycles. The normalized spacial score (nSPS) is 11.8. The van der Waals surface area contributed by atoms with Gasteiger partial charge in [0.2, 0.25) is 5.95 Å². The van der Waals surface area contributed by atoms with Gasteiger partial charge in [-0.05, 0) is 5.41 Å². The summed E-state index contributed by atoms with van der Waals surface area (Å²) in [7, 11) is 0. The number of anilines is 2. The molecule has 0 atom stereocenters. The predicted molar refractivity (Wildman–Crippen MR) is 67.4 cm³/mol. The van der Waals surface area contributed by atoms with Crippen LogP contribution < -0.4 is 16.6 Å². The molecule has 0 aliphatic heterocycles. The number of rotatable bonds is 3. The van der Waals surface area contributed by atoms with Crippen LogP contribution in [0.15, 0.2) is 6.20 Å². The van der Waals surface area contributed by atoms with E-state index in [2.05, 4.69) is 51.7 Å². The van der Waals surface area contributed by atoms with Crippen LogP contribution in [0.5, 0.6) is 0 Å². The molecule has 92 valence electrons. The minimum Gasteiger partial charge on any atom is -0.369 e. The summed E-state index contributed by atoms with van der Waals surface area (Å²) in [6, 6.07) is 0. The zero-order chi connectivity index (χ0) is 12.5. The highest BCUT2D eigenvalue weighted by Gasteiger charge is 2.13. The highest BCUT2D eigenvalue weighted by atomic mass is 15.3. The van der Waals surface area contributed by atoms with Crippen molar-refractivity contribution in [1.82, 2.24) is 20.2 Å². The van der Waals surface area contributed by atoms with Crippen LogP contribution in [-0.2, 0) is 0 Å². The predicted octanol–water partition coefficient (Wildman–Crippen LogP) is 1.10. The van der Waals surface area contributed by atoms with Gasteiger partial charge in [-0.3, -0.25) is 10.5 Å². The smallest absolute Gasteiger partial charge is 0.241 e. The van der Waals surface area contributed by atoms with Gasteiger partial charge in [-0.2, -0.15) is 15.1 Å². The van der Waals surface area contributed by atoms with Crippen molar-refractivity contribution in [2.75, 3.05) is 17.3 Å². The van der Waals surface area contributed by atoms with E-state index < -0.39 is 0 Å². The molecule has 0 aliphatic rings. The summed E-state index contributed by atoms with van der Waals surface area (Å²) in [6.07, 6.45) is 1.70.